The number of anilines is 1. The largest absolute Gasteiger partial charge is 0.380 e. The standard InChI is InChI=1S/C24H24N2O3/c1-17(25-23(27)20-13-11-18(12-14-20)16-29-2)21-9-6-10-22(15-21)26-24(28)19-7-4-3-5-8-19/h3-15,17H,16H2,1-2H3,(H,25,27)(H,26,28). The lowest BCUT2D eigenvalue weighted by Crippen LogP contribution is -2.26. The van der Waals surface area contributed by atoms with Crippen LogP contribution in [0.2, 0.25) is 0 Å². The van der Waals surface area contributed by atoms with Crippen molar-refractivity contribution in [1.82, 2.24) is 5.32 Å². The average molecular weight is 388 g/mol. The van der Waals surface area contributed by atoms with Gasteiger partial charge in [0.1, 0.15) is 0 Å². The second kappa shape index (κ2) is 9.66. The zero-order valence-electron chi connectivity index (χ0n) is 16.5. The summed E-state index contributed by atoms with van der Waals surface area (Å²) in [6.07, 6.45) is 0. The van der Waals surface area contributed by atoms with Gasteiger partial charge in [-0.2, -0.15) is 0 Å². The van der Waals surface area contributed by atoms with E-state index in [0.717, 1.165) is 11.1 Å². The van der Waals surface area contributed by atoms with E-state index in [2.05, 4.69) is 10.6 Å². The molecule has 0 aliphatic rings. The van der Waals surface area contributed by atoms with Gasteiger partial charge in [-0.1, -0.05) is 42.5 Å². The Bertz CT molecular complexity index is 969. The van der Waals surface area contributed by atoms with Crippen molar-refractivity contribution in [3.05, 3.63) is 101 Å². The van der Waals surface area contributed by atoms with Crippen molar-refractivity contribution < 1.29 is 14.3 Å². The highest BCUT2D eigenvalue weighted by Gasteiger charge is 2.13. The SMILES string of the molecule is COCc1ccc(C(=O)NC(C)c2cccc(NC(=O)c3ccccc3)c2)cc1. The summed E-state index contributed by atoms with van der Waals surface area (Å²) in [5.41, 5.74) is 3.78. The third kappa shape index (κ3) is 5.53. The molecule has 0 radical (unpaired) electrons. The van der Waals surface area contributed by atoms with Crippen LogP contribution >= 0.6 is 0 Å². The molecular formula is C24H24N2O3. The summed E-state index contributed by atoms with van der Waals surface area (Å²) in [5.74, 6) is -0.323. The second-order valence-electron chi connectivity index (χ2n) is 6.77. The third-order valence-corrected chi connectivity index (χ3v) is 4.56. The Morgan fingerprint density at radius 1 is 0.862 bits per heavy atom. The van der Waals surface area contributed by atoms with Crippen molar-refractivity contribution in [3.8, 4) is 0 Å². The number of amides is 2. The summed E-state index contributed by atoms with van der Waals surface area (Å²) < 4.78 is 5.09. The number of hydrogen-bond acceptors (Lipinski definition) is 3. The molecule has 0 bridgehead atoms. The quantitative estimate of drug-likeness (QED) is 0.623. The second-order valence-corrected chi connectivity index (χ2v) is 6.77. The zero-order valence-corrected chi connectivity index (χ0v) is 16.5. The monoisotopic (exact) mass is 388 g/mol. The first kappa shape index (κ1) is 20.3. The van der Waals surface area contributed by atoms with Gasteiger partial charge in [-0.05, 0) is 54.4 Å². The van der Waals surface area contributed by atoms with Crippen LogP contribution in [0.1, 0.15) is 44.8 Å². The highest BCUT2D eigenvalue weighted by molar-refractivity contribution is 6.04. The molecule has 0 saturated heterocycles. The number of nitrogens with one attached hydrogen (secondary N) is 2. The molecule has 1 atom stereocenters. The van der Waals surface area contributed by atoms with Crippen LogP contribution in [0.3, 0.4) is 0 Å². The molecule has 5 nitrogen and oxygen atoms in total. The normalized spacial score (nSPS) is 11.5. The van der Waals surface area contributed by atoms with Crippen molar-refractivity contribution >= 4 is 17.5 Å². The number of hydrogen-bond donors (Lipinski definition) is 2. The molecule has 0 aromatic heterocycles. The fraction of sp³-hybridized carbons (Fsp3) is 0.167. The molecule has 0 fully saturated rings. The molecule has 0 saturated carbocycles. The summed E-state index contributed by atoms with van der Waals surface area (Å²) in [6.45, 7) is 2.43. The predicted octanol–water partition coefficient (Wildman–Crippen LogP) is 4.58. The minimum Gasteiger partial charge on any atom is -0.380 e. The lowest BCUT2D eigenvalue weighted by molar-refractivity contribution is 0.0939. The van der Waals surface area contributed by atoms with Crippen LogP contribution < -0.4 is 10.6 Å². The third-order valence-electron chi connectivity index (χ3n) is 4.56. The number of ether oxygens (including phenoxy) is 1. The van der Waals surface area contributed by atoms with Gasteiger partial charge in [0.05, 0.1) is 12.6 Å². The molecule has 0 heterocycles. The van der Waals surface area contributed by atoms with Gasteiger partial charge in [-0.25, -0.2) is 0 Å². The Morgan fingerprint density at radius 2 is 1.55 bits per heavy atom. The van der Waals surface area contributed by atoms with Crippen LogP contribution in [0, 0.1) is 0 Å². The summed E-state index contributed by atoms with van der Waals surface area (Å²) in [6, 6.07) is 23.6. The van der Waals surface area contributed by atoms with Crippen LogP contribution in [0.4, 0.5) is 5.69 Å². The van der Waals surface area contributed by atoms with E-state index in [-0.39, 0.29) is 17.9 Å². The van der Waals surface area contributed by atoms with Crippen molar-refractivity contribution in [2.45, 2.75) is 19.6 Å². The smallest absolute Gasteiger partial charge is 0.255 e. The molecule has 5 heteroatoms. The number of methoxy groups -OCH3 is 1. The minimum atomic E-state index is -0.213. The molecule has 148 valence electrons. The highest BCUT2D eigenvalue weighted by atomic mass is 16.5. The fourth-order valence-electron chi connectivity index (χ4n) is 2.96. The van der Waals surface area contributed by atoms with Gasteiger partial charge in [-0.3, -0.25) is 9.59 Å². The lowest BCUT2D eigenvalue weighted by atomic mass is 10.1. The Kier molecular flexibility index (Phi) is 6.76. The van der Waals surface area contributed by atoms with Crippen molar-refractivity contribution in [2.75, 3.05) is 12.4 Å². The summed E-state index contributed by atoms with van der Waals surface area (Å²) in [5, 5.41) is 5.89. The van der Waals surface area contributed by atoms with E-state index in [0.29, 0.717) is 23.4 Å². The zero-order chi connectivity index (χ0) is 20.6. The van der Waals surface area contributed by atoms with Crippen LogP contribution in [-0.2, 0) is 11.3 Å². The van der Waals surface area contributed by atoms with Gasteiger partial charge in [0.2, 0.25) is 0 Å². The Morgan fingerprint density at radius 3 is 2.24 bits per heavy atom. The van der Waals surface area contributed by atoms with Crippen molar-refractivity contribution in [1.29, 1.82) is 0 Å². The Balaban J connectivity index is 1.65. The highest BCUT2D eigenvalue weighted by Crippen LogP contribution is 2.19. The van der Waals surface area contributed by atoms with Crippen LogP contribution in [-0.4, -0.2) is 18.9 Å². The molecule has 29 heavy (non-hydrogen) atoms. The van der Waals surface area contributed by atoms with Gasteiger partial charge in [0.15, 0.2) is 0 Å². The van der Waals surface area contributed by atoms with Crippen LogP contribution in [0.15, 0.2) is 78.9 Å². The first-order valence-electron chi connectivity index (χ1n) is 9.42. The fourth-order valence-corrected chi connectivity index (χ4v) is 2.96. The molecule has 2 N–H and O–H groups in total. The number of carbonyl (C=O) groups excluding carboxylic acids is 2. The average Bonchev–Trinajstić information content (AvgIpc) is 2.75. The molecular weight excluding hydrogens is 364 g/mol. The number of benzene rings is 3. The maximum absolute atomic E-state index is 12.5. The molecule has 1 unspecified atom stereocenters. The lowest BCUT2D eigenvalue weighted by Gasteiger charge is -2.16. The molecule has 0 aliphatic carbocycles. The Labute approximate surface area is 170 Å². The van der Waals surface area contributed by atoms with Crippen LogP contribution in [0.25, 0.3) is 0 Å². The van der Waals surface area contributed by atoms with Gasteiger partial charge < -0.3 is 15.4 Å². The van der Waals surface area contributed by atoms with Crippen molar-refractivity contribution in [2.24, 2.45) is 0 Å². The number of carbonyl (C=O) groups is 2. The van der Waals surface area contributed by atoms with E-state index < -0.39 is 0 Å². The molecule has 0 aliphatic heterocycles. The molecule has 0 spiro atoms. The van der Waals surface area contributed by atoms with Gasteiger partial charge in [0.25, 0.3) is 11.8 Å². The van der Waals surface area contributed by atoms with Gasteiger partial charge in [0, 0.05) is 23.9 Å². The maximum atomic E-state index is 12.5. The molecule has 3 rings (SSSR count). The summed E-state index contributed by atoms with van der Waals surface area (Å²) >= 11 is 0. The maximum Gasteiger partial charge on any atom is 0.255 e. The van der Waals surface area contributed by atoms with Gasteiger partial charge >= 0.3 is 0 Å². The molecule has 3 aromatic rings. The topological polar surface area (TPSA) is 67.4 Å². The van der Waals surface area contributed by atoms with E-state index in [4.69, 9.17) is 4.74 Å². The van der Waals surface area contributed by atoms with E-state index >= 15 is 0 Å². The number of rotatable bonds is 7. The van der Waals surface area contributed by atoms with E-state index in [1.54, 1.807) is 31.4 Å². The molecule has 3 aromatic carbocycles. The van der Waals surface area contributed by atoms with E-state index in [9.17, 15) is 9.59 Å². The molecule has 2 amide bonds. The first-order chi connectivity index (χ1) is 14.1. The van der Waals surface area contributed by atoms with E-state index in [1.807, 2.05) is 61.5 Å². The van der Waals surface area contributed by atoms with Crippen molar-refractivity contribution in [3.63, 3.8) is 0 Å². The predicted molar refractivity (Wildman–Crippen MR) is 114 cm³/mol. The summed E-state index contributed by atoms with van der Waals surface area (Å²) in [4.78, 5) is 24.9. The minimum absolute atomic E-state index is 0.153. The Hall–Kier alpha value is -3.44. The first-order valence-corrected chi connectivity index (χ1v) is 9.42. The van der Waals surface area contributed by atoms with Crippen LogP contribution in [0.5, 0.6) is 0 Å². The van der Waals surface area contributed by atoms with E-state index in [1.165, 1.54) is 0 Å². The van der Waals surface area contributed by atoms with Gasteiger partial charge in [-0.15, -0.1) is 0 Å². The summed E-state index contributed by atoms with van der Waals surface area (Å²) in [7, 11) is 1.64.